The molecule has 0 unspecified atom stereocenters. The third-order valence-electron chi connectivity index (χ3n) is 15.8. The van der Waals surface area contributed by atoms with Crippen molar-refractivity contribution in [2.45, 2.75) is 180 Å². The van der Waals surface area contributed by atoms with Crippen molar-refractivity contribution in [3.05, 3.63) is 34.3 Å². The van der Waals surface area contributed by atoms with Gasteiger partial charge in [0.15, 0.2) is 23.9 Å². The number of esters is 3. The number of allylic oxidation sites excluding steroid dienone is 1. The van der Waals surface area contributed by atoms with Gasteiger partial charge in [0.2, 0.25) is 6.29 Å². The van der Waals surface area contributed by atoms with E-state index in [1.54, 1.807) is 13.8 Å². The highest BCUT2D eigenvalue weighted by Crippen LogP contribution is 2.69. The molecule has 61 heavy (non-hydrogen) atoms. The van der Waals surface area contributed by atoms with Crippen molar-refractivity contribution in [1.29, 1.82) is 0 Å². The molecule has 17 nitrogen and oxygen atoms in total. The van der Waals surface area contributed by atoms with Crippen LogP contribution in [0.5, 0.6) is 0 Å². The van der Waals surface area contributed by atoms with Gasteiger partial charge < -0.3 is 68.9 Å². The third kappa shape index (κ3) is 7.73. The number of hydrogen-bond donors (Lipinski definition) is 7. The first-order valence-corrected chi connectivity index (χ1v) is 21.6. The summed E-state index contributed by atoms with van der Waals surface area (Å²) in [5.41, 5.74) is -0.522. The van der Waals surface area contributed by atoms with Crippen molar-refractivity contribution < 1.29 is 83.3 Å². The summed E-state index contributed by atoms with van der Waals surface area (Å²) >= 11 is 0. The number of rotatable bonds is 9. The zero-order chi connectivity index (χ0) is 44.7. The molecule has 17 heteroatoms. The minimum absolute atomic E-state index is 0.0182. The summed E-state index contributed by atoms with van der Waals surface area (Å²) in [6.07, 6.45) is -9.46. The minimum atomic E-state index is -1.83. The molecule has 7 aliphatic rings. The summed E-state index contributed by atoms with van der Waals surface area (Å²) in [7, 11) is 0. The topological polar surface area (TPSA) is 257 Å². The lowest BCUT2D eigenvalue weighted by molar-refractivity contribution is -0.300. The van der Waals surface area contributed by atoms with E-state index in [0.29, 0.717) is 37.7 Å². The largest absolute Gasteiger partial charge is 0.506 e. The molecule has 3 heterocycles. The van der Waals surface area contributed by atoms with Crippen LogP contribution in [0.3, 0.4) is 0 Å². The molecule has 3 aliphatic heterocycles. The highest BCUT2D eigenvalue weighted by atomic mass is 16.7. The molecular weight excluding hydrogens is 800 g/mol. The first-order chi connectivity index (χ1) is 28.5. The minimum Gasteiger partial charge on any atom is -0.506 e. The van der Waals surface area contributed by atoms with Crippen LogP contribution in [0.15, 0.2) is 34.3 Å². The van der Waals surface area contributed by atoms with E-state index in [2.05, 4.69) is 19.9 Å². The molecule has 1 saturated heterocycles. The second-order valence-electron chi connectivity index (χ2n) is 19.1. The van der Waals surface area contributed by atoms with Crippen LogP contribution in [-0.2, 0) is 47.5 Å². The molecule has 0 radical (unpaired) electrons. The van der Waals surface area contributed by atoms with E-state index in [9.17, 15) is 50.1 Å². The molecule has 7 rings (SSSR count). The van der Waals surface area contributed by atoms with E-state index in [1.807, 2.05) is 6.92 Å². The van der Waals surface area contributed by atoms with Crippen LogP contribution in [0, 0.1) is 34.5 Å². The Morgan fingerprint density at radius 3 is 2.23 bits per heavy atom. The second-order valence-corrected chi connectivity index (χ2v) is 19.1. The van der Waals surface area contributed by atoms with Crippen molar-refractivity contribution in [3.8, 4) is 0 Å². The third-order valence-corrected chi connectivity index (χ3v) is 15.8. The van der Waals surface area contributed by atoms with Gasteiger partial charge >= 0.3 is 17.9 Å². The Morgan fingerprint density at radius 2 is 1.59 bits per heavy atom. The number of fused-ring (bicyclic) bond motifs is 5. The lowest BCUT2D eigenvalue weighted by Crippen LogP contribution is -2.63. The van der Waals surface area contributed by atoms with E-state index >= 15 is 0 Å². The van der Waals surface area contributed by atoms with E-state index < -0.39 is 126 Å². The zero-order valence-electron chi connectivity index (χ0n) is 36.2. The van der Waals surface area contributed by atoms with Crippen molar-refractivity contribution in [2.24, 2.45) is 34.5 Å². The SMILES string of the molecule is CC(=O)O[C@H]1C[C@H](O[C@@H]2O[C@H](CO)C(O[C@@H]3O[C@@H](C)[C@H](O)[C@@H](O)[C@H]3O)=C(O)[C@H]2O)CC2=CC[C@@H]3[C@H](C[C@@H](OC(C)=O)[C@]4(C)[C@@H]([C@@](C)(O)[C@H]5CC(C)=C(C)C(=O)O5)CC[C@@H]34)[C@]21C. The molecule has 0 aromatic heterocycles. The summed E-state index contributed by atoms with van der Waals surface area (Å²) in [5, 5.41) is 75.9. The van der Waals surface area contributed by atoms with Gasteiger partial charge in [-0.15, -0.1) is 0 Å². The van der Waals surface area contributed by atoms with Gasteiger partial charge in [0, 0.05) is 49.0 Å². The maximum absolute atomic E-state index is 12.9. The molecule has 0 aromatic rings. The van der Waals surface area contributed by atoms with Gasteiger partial charge in [0.05, 0.1) is 18.8 Å². The number of aliphatic hydroxyl groups excluding tert-OH is 6. The quantitative estimate of drug-likeness (QED) is 0.0995. The van der Waals surface area contributed by atoms with Gasteiger partial charge in [0.25, 0.3) is 0 Å². The van der Waals surface area contributed by atoms with Crippen LogP contribution in [0.2, 0.25) is 0 Å². The second kappa shape index (κ2) is 16.8. The number of ether oxygens (including phenoxy) is 7. The monoisotopic (exact) mass is 864 g/mol. The van der Waals surface area contributed by atoms with Crippen LogP contribution < -0.4 is 0 Å². The highest BCUT2D eigenvalue weighted by molar-refractivity contribution is 5.89. The fraction of sp³-hybridized carbons (Fsp3) is 0.795. The van der Waals surface area contributed by atoms with Crippen molar-refractivity contribution >= 4 is 17.9 Å². The molecule has 0 spiro atoms. The Balaban J connectivity index is 1.14. The Bertz CT molecular complexity index is 1820. The number of cyclic esters (lactones) is 1. The number of carbonyl (C=O) groups is 3. The smallest absolute Gasteiger partial charge is 0.334 e. The summed E-state index contributed by atoms with van der Waals surface area (Å²) < 4.78 is 41.6. The maximum Gasteiger partial charge on any atom is 0.334 e. The number of aliphatic hydroxyl groups is 7. The maximum atomic E-state index is 12.9. The first kappa shape index (κ1) is 45.9. The van der Waals surface area contributed by atoms with Crippen LogP contribution in [-0.4, -0.2) is 139 Å². The summed E-state index contributed by atoms with van der Waals surface area (Å²) in [6, 6.07) is 0. The molecule has 342 valence electrons. The van der Waals surface area contributed by atoms with Crippen molar-refractivity contribution in [1.82, 2.24) is 0 Å². The fourth-order valence-electron chi connectivity index (χ4n) is 12.3. The first-order valence-electron chi connectivity index (χ1n) is 21.6. The van der Waals surface area contributed by atoms with Crippen molar-refractivity contribution in [3.63, 3.8) is 0 Å². The molecule has 0 aromatic carbocycles. The molecule has 19 atom stereocenters. The van der Waals surface area contributed by atoms with Gasteiger partial charge in [-0.2, -0.15) is 0 Å². The average molecular weight is 865 g/mol. The van der Waals surface area contributed by atoms with Crippen LogP contribution in [0.1, 0.15) is 100 Å². The molecular formula is C44H64O17. The molecule has 3 saturated carbocycles. The van der Waals surface area contributed by atoms with Crippen LogP contribution in [0.25, 0.3) is 0 Å². The van der Waals surface area contributed by atoms with E-state index in [0.717, 1.165) is 17.6 Å². The van der Waals surface area contributed by atoms with Gasteiger partial charge in [-0.05, 0) is 77.6 Å². The standard InChI is InChI=1S/C44H64O17/c1-18-13-32(60-39(53)19(18)2)44(8,54)29-12-11-26-25-10-9-23-14-24(15-30(56-21(4)46)42(23,6)27(25)16-31(43(26,29)7)57-22(5)47)58-41-37(52)35(50)38(28(17-45)59-41)61-40-36(51)34(49)33(48)20(3)55-40/h9,20,24-34,36-37,40-41,45,48-52,54H,10-17H2,1-8H3/t20-,24+,25-,26-,27-,28+,29-,30-,31+,32+,33-,34+,36+,37+,40-,41+,42-,43-,44+/m0/s1. The Labute approximate surface area is 355 Å². The molecule has 4 fully saturated rings. The Hall–Kier alpha value is -3.13. The predicted octanol–water partition coefficient (Wildman–Crippen LogP) is 2.13. The van der Waals surface area contributed by atoms with Crippen LogP contribution >= 0.6 is 0 Å². The lowest BCUT2D eigenvalue weighted by Gasteiger charge is -2.62. The summed E-state index contributed by atoms with van der Waals surface area (Å²) in [5.74, 6) is -3.10. The number of hydrogen-bond acceptors (Lipinski definition) is 17. The predicted molar refractivity (Wildman–Crippen MR) is 210 cm³/mol. The molecule has 0 amide bonds. The average Bonchev–Trinajstić information content (AvgIpc) is 3.57. The van der Waals surface area contributed by atoms with Crippen LogP contribution in [0.4, 0.5) is 0 Å². The fourth-order valence-corrected chi connectivity index (χ4v) is 12.3. The van der Waals surface area contributed by atoms with Crippen molar-refractivity contribution in [2.75, 3.05) is 6.61 Å². The zero-order valence-corrected chi connectivity index (χ0v) is 36.2. The van der Waals surface area contributed by atoms with Gasteiger partial charge in [0.1, 0.15) is 48.3 Å². The van der Waals surface area contributed by atoms with E-state index in [4.69, 9.17) is 33.2 Å². The van der Waals surface area contributed by atoms with Gasteiger partial charge in [-0.1, -0.05) is 31.1 Å². The normalized spacial score (nSPS) is 46.0. The van der Waals surface area contributed by atoms with E-state index in [1.165, 1.54) is 20.8 Å². The number of carbonyl (C=O) groups excluding carboxylic acids is 3. The lowest BCUT2D eigenvalue weighted by atomic mass is 9.45. The molecule has 4 aliphatic carbocycles. The molecule has 0 bridgehead atoms. The Morgan fingerprint density at radius 1 is 0.918 bits per heavy atom. The summed E-state index contributed by atoms with van der Waals surface area (Å²) in [6.45, 7) is 12.9. The van der Waals surface area contributed by atoms with Gasteiger partial charge in [-0.3, -0.25) is 9.59 Å². The Kier molecular flexibility index (Phi) is 12.6. The summed E-state index contributed by atoms with van der Waals surface area (Å²) in [4.78, 5) is 38.6. The van der Waals surface area contributed by atoms with E-state index in [-0.39, 0.29) is 30.1 Å². The van der Waals surface area contributed by atoms with Gasteiger partial charge in [-0.25, -0.2) is 4.79 Å². The highest BCUT2D eigenvalue weighted by Gasteiger charge is 2.69. The molecule has 7 N–H and O–H groups in total.